The van der Waals surface area contributed by atoms with Crippen LogP contribution in [0, 0.1) is 0 Å². The van der Waals surface area contributed by atoms with Gasteiger partial charge in [-0.3, -0.25) is 9.88 Å². The maximum atomic E-state index is 13.4. The number of aromatic nitrogens is 1. The molecule has 2 aliphatic rings. The van der Waals surface area contributed by atoms with Crippen molar-refractivity contribution < 1.29 is 32.2 Å². The molecule has 1 amide bonds. The van der Waals surface area contributed by atoms with E-state index in [0.717, 1.165) is 16.7 Å². The fourth-order valence-corrected chi connectivity index (χ4v) is 5.97. The number of alkyl halides is 3. The van der Waals surface area contributed by atoms with Crippen LogP contribution in [0.1, 0.15) is 63.1 Å². The Kier molecular flexibility index (Phi) is 7.52. The molecule has 0 N–H and O–H groups in total. The summed E-state index contributed by atoms with van der Waals surface area (Å²) >= 11 is 0. The summed E-state index contributed by atoms with van der Waals surface area (Å²) in [6.07, 6.45) is 0.00680. The number of likely N-dealkylation sites (tertiary alicyclic amines) is 1. The van der Waals surface area contributed by atoms with E-state index >= 15 is 0 Å². The van der Waals surface area contributed by atoms with E-state index in [1.165, 1.54) is 12.1 Å². The van der Waals surface area contributed by atoms with Gasteiger partial charge in [-0.15, -0.1) is 13.2 Å². The lowest BCUT2D eigenvalue weighted by Crippen LogP contribution is -2.53. The average Bonchev–Trinajstić information content (AvgIpc) is 3.31. The van der Waals surface area contributed by atoms with Crippen molar-refractivity contribution in [1.82, 2.24) is 9.88 Å². The number of halogens is 3. The smallest absolute Gasteiger partial charge is 0.444 e. The number of carbonyl (C=O) groups is 1. The predicted molar refractivity (Wildman–Crippen MR) is 144 cm³/mol. The van der Waals surface area contributed by atoms with Crippen LogP contribution in [-0.4, -0.2) is 46.7 Å². The van der Waals surface area contributed by atoms with E-state index in [9.17, 15) is 18.0 Å². The largest absolute Gasteiger partial charge is 0.573 e. The lowest BCUT2D eigenvalue weighted by Gasteiger charge is -2.47. The van der Waals surface area contributed by atoms with Gasteiger partial charge in [0.2, 0.25) is 0 Å². The lowest BCUT2D eigenvalue weighted by atomic mass is 9.75. The Bertz CT molecular complexity index is 1330. The SMILES string of the molecule is CC(C)(C)OC(=O)N1CCC[C@@]2(C[C@H](c3cc(OC(F)(F)F)ccc3-c3ccncc3)CO2)[C@@H]1c1ccccc1. The second-order valence-electron chi connectivity index (χ2n) is 11.4. The van der Waals surface area contributed by atoms with Crippen LogP contribution >= 0.6 is 0 Å². The Labute approximate surface area is 232 Å². The third-order valence-corrected chi connectivity index (χ3v) is 7.40. The average molecular weight is 555 g/mol. The minimum Gasteiger partial charge on any atom is -0.444 e. The first kappa shape index (κ1) is 28.0. The summed E-state index contributed by atoms with van der Waals surface area (Å²) in [7, 11) is 0. The number of carbonyl (C=O) groups excluding carboxylic acids is 1. The van der Waals surface area contributed by atoms with Crippen molar-refractivity contribution in [1.29, 1.82) is 0 Å². The van der Waals surface area contributed by atoms with E-state index in [1.807, 2.05) is 63.2 Å². The standard InChI is InChI=1S/C31H33F3N2O4/c1-29(2,3)40-28(37)36-17-7-14-30(27(36)22-8-5-4-6-9-22)19-23(20-38-30)26-18-24(39-31(32,33)34)10-11-25(26)21-12-15-35-16-13-21/h4-6,8-13,15-16,18,23,27H,7,14,17,19-20H2,1-3H3/t23-,27-,30+/m0/s1. The van der Waals surface area contributed by atoms with Gasteiger partial charge in [0.25, 0.3) is 0 Å². The molecule has 212 valence electrons. The van der Waals surface area contributed by atoms with Gasteiger partial charge in [-0.05, 0) is 86.6 Å². The molecule has 3 aromatic rings. The molecule has 0 radical (unpaired) electrons. The van der Waals surface area contributed by atoms with Crippen molar-refractivity contribution in [3.8, 4) is 16.9 Å². The molecule has 0 bridgehead atoms. The Morgan fingerprint density at radius 2 is 1.77 bits per heavy atom. The van der Waals surface area contributed by atoms with Crippen LogP contribution in [0.4, 0.5) is 18.0 Å². The van der Waals surface area contributed by atoms with Crippen LogP contribution < -0.4 is 4.74 Å². The summed E-state index contributed by atoms with van der Waals surface area (Å²) in [4.78, 5) is 19.3. The van der Waals surface area contributed by atoms with E-state index in [4.69, 9.17) is 9.47 Å². The molecule has 0 saturated carbocycles. The van der Waals surface area contributed by atoms with Crippen molar-refractivity contribution in [2.45, 2.75) is 69.6 Å². The number of piperidine rings is 1. The van der Waals surface area contributed by atoms with Crippen molar-refractivity contribution >= 4 is 6.09 Å². The van der Waals surface area contributed by atoms with Crippen LogP contribution in [-0.2, 0) is 9.47 Å². The van der Waals surface area contributed by atoms with Crippen molar-refractivity contribution in [2.24, 2.45) is 0 Å². The van der Waals surface area contributed by atoms with Crippen LogP contribution in [0.5, 0.6) is 5.75 Å². The van der Waals surface area contributed by atoms with Crippen molar-refractivity contribution in [3.63, 3.8) is 0 Å². The minimum absolute atomic E-state index is 0.232. The summed E-state index contributed by atoms with van der Waals surface area (Å²) in [5, 5.41) is 0. The van der Waals surface area contributed by atoms with E-state index in [0.29, 0.717) is 38.0 Å². The number of nitrogens with zero attached hydrogens (tertiary/aromatic N) is 2. The Balaban J connectivity index is 1.54. The molecule has 3 atom stereocenters. The third-order valence-electron chi connectivity index (χ3n) is 7.40. The van der Waals surface area contributed by atoms with Crippen LogP contribution in [0.15, 0.2) is 73.1 Å². The molecule has 40 heavy (non-hydrogen) atoms. The number of rotatable bonds is 4. The Morgan fingerprint density at radius 1 is 1.05 bits per heavy atom. The molecule has 0 unspecified atom stereocenters. The highest BCUT2D eigenvalue weighted by Gasteiger charge is 2.53. The normalized spacial score (nSPS) is 23.3. The summed E-state index contributed by atoms with van der Waals surface area (Å²) in [5.41, 5.74) is 1.85. The molecular formula is C31H33F3N2O4. The van der Waals surface area contributed by atoms with Gasteiger partial charge in [0, 0.05) is 24.9 Å². The van der Waals surface area contributed by atoms with Crippen molar-refractivity contribution in [2.75, 3.05) is 13.2 Å². The lowest BCUT2D eigenvalue weighted by molar-refractivity contribution is -0.274. The second kappa shape index (κ2) is 10.8. The third kappa shape index (κ3) is 6.09. The topological polar surface area (TPSA) is 60.9 Å². The summed E-state index contributed by atoms with van der Waals surface area (Å²) < 4.78 is 56.1. The maximum absolute atomic E-state index is 13.4. The van der Waals surface area contributed by atoms with Gasteiger partial charge in [0.15, 0.2) is 0 Å². The molecule has 0 aliphatic carbocycles. The summed E-state index contributed by atoms with van der Waals surface area (Å²) in [6.45, 7) is 6.31. The van der Waals surface area contributed by atoms with Crippen LogP contribution in [0.2, 0.25) is 0 Å². The molecule has 2 aliphatic heterocycles. The number of amides is 1. The van der Waals surface area contributed by atoms with Gasteiger partial charge in [0.05, 0.1) is 18.2 Å². The molecular weight excluding hydrogens is 521 g/mol. The molecule has 1 spiro atoms. The number of ether oxygens (including phenoxy) is 3. The van der Waals surface area contributed by atoms with Gasteiger partial charge >= 0.3 is 12.5 Å². The highest BCUT2D eigenvalue weighted by Crippen LogP contribution is 2.53. The van der Waals surface area contributed by atoms with Gasteiger partial charge in [0.1, 0.15) is 11.4 Å². The van der Waals surface area contributed by atoms with Crippen LogP contribution in [0.25, 0.3) is 11.1 Å². The predicted octanol–water partition coefficient (Wildman–Crippen LogP) is 7.66. The van der Waals surface area contributed by atoms with E-state index < -0.39 is 29.7 Å². The van der Waals surface area contributed by atoms with Crippen LogP contribution in [0.3, 0.4) is 0 Å². The number of hydrogen-bond acceptors (Lipinski definition) is 5. The Morgan fingerprint density at radius 3 is 2.45 bits per heavy atom. The van der Waals surface area contributed by atoms with Gasteiger partial charge in [-0.1, -0.05) is 36.4 Å². The Hall–Kier alpha value is -3.59. The zero-order valence-corrected chi connectivity index (χ0v) is 22.8. The molecule has 1 aromatic heterocycles. The van der Waals surface area contributed by atoms with E-state index in [-0.39, 0.29) is 11.7 Å². The zero-order valence-electron chi connectivity index (χ0n) is 22.8. The fourth-order valence-electron chi connectivity index (χ4n) is 5.97. The first-order valence-corrected chi connectivity index (χ1v) is 13.4. The molecule has 2 fully saturated rings. The van der Waals surface area contributed by atoms with Crippen molar-refractivity contribution in [3.05, 3.63) is 84.2 Å². The van der Waals surface area contributed by atoms with E-state index in [1.54, 1.807) is 23.4 Å². The van der Waals surface area contributed by atoms with Gasteiger partial charge in [-0.25, -0.2) is 4.79 Å². The minimum atomic E-state index is -4.81. The number of benzene rings is 2. The monoisotopic (exact) mass is 554 g/mol. The van der Waals surface area contributed by atoms with E-state index in [2.05, 4.69) is 9.72 Å². The summed E-state index contributed by atoms with van der Waals surface area (Å²) in [6, 6.07) is 17.4. The highest BCUT2D eigenvalue weighted by molar-refractivity contribution is 5.70. The molecule has 6 nitrogen and oxygen atoms in total. The maximum Gasteiger partial charge on any atom is 0.573 e. The second-order valence-corrected chi connectivity index (χ2v) is 11.4. The molecule has 3 heterocycles. The molecule has 5 rings (SSSR count). The first-order valence-electron chi connectivity index (χ1n) is 13.4. The quantitative estimate of drug-likeness (QED) is 0.331. The first-order chi connectivity index (χ1) is 18.9. The molecule has 9 heteroatoms. The zero-order chi connectivity index (χ0) is 28.5. The van der Waals surface area contributed by atoms with Gasteiger partial charge < -0.3 is 14.2 Å². The highest BCUT2D eigenvalue weighted by atomic mass is 19.4. The van der Waals surface area contributed by atoms with Gasteiger partial charge in [-0.2, -0.15) is 0 Å². The summed E-state index contributed by atoms with van der Waals surface area (Å²) in [5.74, 6) is -0.510. The molecule has 2 aromatic carbocycles. The number of pyridine rings is 1. The molecule has 2 saturated heterocycles. The fraction of sp³-hybridized carbons (Fsp3) is 0.419. The number of hydrogen-bond donors (Lipinski definition) is 0.